The maximum Gasteiger partial charge on any atom is 0.330 e. The first-order valence-electron chi connectivity index (χ1n) is 9.25. The minimum absolute atomic E-state index is 0.0371. The van der Waals surface area contributed by atoms with Crippen molar-refractivity contribution in [3.63, 3.8) is 0 Å². The standard InChI is InChI=1S/C22H26N2O5/c1-22(2,23)19(21(28)29-3)24-20(27)15-10-8-14(9-11-15)6-4-5-7-16-12-18(26)17(16)13-25/h8-11,16-19,25-26H,12-13,23H2,1-3H3,(H,24,27)/t16-,17+,18?,19+/m0/s1. The number of esters is 1. The molecule has 1 aromatic rings. The molecule has 1 fully saturated rings. The molecule has 0 heterocycles. The molecule has 7 nitrogen and oxygen atoms in total. The topological polar surface area (TPSA) is 122 Å². The second-order valence-corrected chi connectivity index (χ2v) is 7.60. The van der Waals surface area contributed by atoms with Crippen molar-refractivity contribution < 1.29 is 24.5 Å². The Labute approximate surface area is 170 Å². The van der Waals surface area contributed by atoms with E-state index in [4.69, 9.17) is 15.6 Å². The molecule has 0 saturated heterocycles. The summed E-state index contributed by atoms with van der Waals surface area (Å²) in [7, 11) is 1.24. The Kier molecular flexibility index (Phi) is 7.41. The van der Waals surface area contributed by atoms with Gasteiger partial charge in [0.2, 0.25) is 0 Å². The van der Waals surface area contributed by atoms with Gasteiger partial charge in [-0.1, -0.05) is 11.8 Å². The molecule has 1 aromatic carbocycles. The fraction of sp³-hybridized carbons (Fsp3) is 0.455. The maximum absolute atomic E-state index is 12.4. The lowest BCUT2D eigenvalue weighted by atomic mass is 9.72. The predicted octanol–water partition coefficient (Wildman–Crippen LogP) is 0.0395. The molecule has 1 unspecified atom stereocenters. The third kappa shape index (κ3) is 5.82. The zero-order chi connectivity index (χ0) is 21.6. The van der Waals surface area contributed by atoms with Gasteiger partial charge >= 0.3 is 5.97 Å². The third-order valence-electron chi connectivity index (χ3n) is 4.85. The van der Waals surface area contributed by atoms with Crippen LogP contribution in [-0.2, 0) is 9.53 Å². The summed E-state index contributed by atoms with van der Waals surface area (Å²) in [5.74, 6) is 9.99. The number of nitrogens with one attached hydrogen (secondary N) is 1. The number of carbonyl (C=O) groups is 2. The van der Waals surface area contributed by atoms with Crippen LogP contribution >= 0.6 is 0 Å². The maximum atomic E-state index is 12.4. The van der Waals surface area contributed by atoms with E-state index in [9.17, 15) is 14.7 Å². The molecule has 29 heavy (non-hydrogen) atoms. The summed E-state index contributed by atoms with van der Waals surface area (Å²) in [5.41, 5.74) is 6.00. The fourth-order valence-corrected chi connectivity index (χ4v) is 2.92. The smallest absolute Gasteiger partial charge is 0.330 e. The van der Waals surface area contributed by atoms with Crippen molar-refractivity contribution in [2.24, 2.45) is 17.6 Å². The molecule has 1 saturated carbocycles. The largest absolute Gasteiger partial charge is 0.467 e. The van der Waals surface area contributed by atoms with Crippen molar-refractivity contribution >= 4 is 11.9 Å². The highest BCUT2D eigenvalue weighted by atomic mass is 16.5. The Hall–Kier alpha value is -2.84. The second-order valence-electron chi connectivity index (χ2n) is 7.60. The fourth-order valence-electron chi connectivity index (χ4n) is 2.92. The lowest BCUT2D eigenvalue weighted by Gasteiger charge is -2.37. The minimum Gasteiger partial charge on any atom is -0.467 e. The summed E-state index contributed by atoms with van der Waals surface area (Å²) in [6.45, 7) is 3.17. The molecule has 4 atom stereocenters. The summed E-state index contributed by atoms with van der Waals surface area (Å²) < 4.78 is 4.71. The number of aliphatic hydroxyl groups excluding tert-OH is 2. The number of amides is 1. The number of benzene rings is 1. The second kappa shape index (κ2) is 9.58. The first-order chi connectivity index (χ1) is 13.7. The van der Waals surface area contributed by atoms with E-state index in [2.05, 4.69) is 29.0 Å². The molecule has 1 aliphatic carbocycles. The average Bonchev–Trinajstić information content (AvgIpc) is 2.67. The number of nitrogens with two attached hydrogens (primary N) is 1. The molecule has 1 aliphatic rings. The molecule has 1 amide bonds. The Morgan fingerprint density at radius 3 is 2.48 bits per heavy atom. The van der Waals surface area contributed by atoms with Gasteiger partial charge in [-0.25, -0.2) is 4.79 Å². The van der Waals surface area contributed by atoms with Crippen LogP contribution in [0.3, 0.4) is 0 Å². The lowest BCUT2D eigenvalue weighted by molar-refractivity contribution is -0.144. The summed E-state index contributed by atoms with van der Waals surface area (Å²) in [6.07, 6.45) is 0.0603. The third-order valence-corrected chi connectivity index (χ3v) is 4.85. The number of rotatable bonds is 5. The molecule has 0 aromatic heterocycles. The van der Waals surface area contributed by atoms with Gasteiger partial charge in [-0.3, -0.25) is 4.79 Å². The van der Waals surface area contributed by atoms with Crippen LogP contribution in [0.15, 0.2) is 24.3 Å². The van der Waals surface area contributed by atoms with Crippen LogP contribution in [0.1, 0.15) is 36.2 Å². The molecule has 0 aliphatic heterocycles. The van der Waals surface area contributed by atoms with Crippen molar-refractivity contribution in [3.8, 4) is 23.7 Å². The van der Waals surface area contributed by atoms with E-state index >= 15 is 0 Å². The van der Waals surface area contributed by atoms with E-state index in [-0.39, 0.29) is 18.4 Å². The van der Waals surface area contributed by atoms with E-state index in [0.29, 0.717) is 17.5 Å². The number of carbonyl (C=O) groups excluding carboxylic acids is 2. The van der Waals surface area contributed by atoms with Gasteiger partial charge in [-0.05, 0) is 56.4 Å². The normalized spacial score (nSPS) is 21.4. The van der Waals surface area contributed by atoms with Gasteiger partial charge < -0.3 is 26.0 Å². The van der Waals surface area contributed by atoms with Crippen LogP contribution in [-0.4, -0.2) is 53.5 Å². The monoisotopic (exact) mass is 398 g/mol. The van der Waals surface area contributed by atoms with Crippen molar-refractivity contribution in [3.05, 3.63) is 35.4 Å². The zero-order valence-corrected chi connectivity index (χ0v) is 16.7. The Balaban J connectivity index is 2.00. The molecular weight excluding hydrogens is 372 g/mol. The highest BCUT2D eigenvalue weighted by Crippen LogP contribution is 2.33. The molecular formula is C22H26N2O5. The molecule has 0 radical (unpaired) electrons. The molecule has 5 N–H and O–H groups in total. The average molecular weight is 398 g/mol. The molecule has 7 heteroatoms. The summed E-state index contributed by atoms with van der Waals surface area (Å²) >= 11 is 0. The van der Waals surface area contributed by atoms with Crippen LogP contribution < -0.4 is 11.1 Å². The van der Waals surface area contributed by atoms with Crippen molar-refractivity contribution in [1.29, 1.82) is 0 Å². The number of aliphatic hydroxyl groups is 2. The van der Waals surface area contributed by atoms with Gasteiger partial charge in [0.15, 0.2) is 0 Å². The first kappa shape index (κ1) is 22.4. The highest BCUT2D eigenvalue weighted by Gasteiger charge is 2.38. The van der Waals surface area contributed by atoms with Crippen LogP contribution in [0.2, 0.25) is 0 Å². The first-order valence-corrected chi connectivity index (χ1v) is 9.25. The van der Waals surface area contributed by atoms with Gasteiger partial charge in [0.05, 0.1) is 13.2 Å². The van der Waals surface area contributed by atoms with Gasteiger partial charge in [0.25, 0.3) is 5.91 Å². The highest BCUT2D eigenvalue weighted by molar-refractivity contribution is 5.97. The Bertz CT molecular complexity index is 865. The van der Waals surface area contributed by atoms with Crippen LogP contribution in [0.4, 0.5) is 0 Å². The minimum atomic E-state index is -0.988. The molecule has 0 bridgehead atoms. The Morgan fingerprint density at radius 2 is 1.97 bits per heavy atom. The molecule has 2 rings (SSSR count). The summed E-state index contributed by atoms with van der Waals surface area (Å²) in [6, 6.07) is 5.55. The molecule has 154 valence electrons. The van der Waals surface area contributed by atoms with Gasteiger partial charge in [0, 0.05) is 35.1 Å². The number of methoxy groups -OCH3 is 1. The van der Waals surface area contributed by atoms with Crippen molar-refractivity contribution in [1.82, 2.24) is 5.32 Å². The van der Waals surface area contributed by atoms with E-state index in [1.165, 1.54) is 7.11 Å². The number of hydrogen-bond acceptors (Lipinski definition) is 6. The van der Waals surface area contributed by atoms with E-state index in [1.807, 2.05) is 0 Å². The van der Waals surface area contributed by atoms with Gasteiger partial charge in [-0.15, -0.1) is 0 Å². The summed E-state index contributed by atoms with van der Waals surface area (Å²) in [4.78, 5) is 24.3. The van der Waals surface area contributed by atoms with E-state index < -0.39 is 29.6 Å². The van der Waals surface area contributed by atoms with Crippen LogP contribution in [0.5, 0.6) is 0 Å². The zero-order valence-electron chi connectivity index (χ0n) is 16.7. The molecule has 0 spiro atoms. The van der Waals surface area contributed by atoms with Crippen molar-refractivity contribution in [2.45, 2.75) is 38.0 Å². The predicted molar refractivity (Wildman–Crippen MR) is 107 cm³/mol. The Morgan fingerprint density at radius 1 is 1.31 bits per heavy atom. The lowest BCUT2D eigenvalue weighted by Crippen LogP contribution is -2.59. The SMILES string of the molecule is COC(=O)[C@@H](NC(=O)c1ccc(C#CC#C[C@H]2CC(O)[C@@H]2CO)cc1)C(C)(C)N. The summed E-state index contributed by atoms with van der Waals surface area (Å²) in [5, 5.41) is 21.2. The van der Waals surface area contributed by atoms with Gasteiger partial charge in [0.1, 0.15) is 6.04 Å². The van der Waals surface area contributed by atoms with Crippen LogP contribution in [0, 0.1) is 35.5 Å². The quantitative estimate of drug-likeness (QED) is 0.410. The number of ether oxygens (including phenoxy) is 1. The van der Waals surface area contributed by atoms with E-state index in [0.717, 1.165) is 0 Å². The van der Waals surface area contributed by atoms with Crippen molar-refractivity contribution in [2.75, 3.05) is 13.7 Å². The van der Waals surface area contributed by atoms with Crippen LogP contribution in [0.25, 0.3) is 0 Å². The number of hydrogen-bond donors (Lipinski definition) is 4. The van der Waals surface area contributed by atoms with Gasteiger partial charge in [-0.2, -0.15) is 0 Å². The van der Waals surface area contributed by atoms with E-state index in [1.54, 1.807) is 38.1 Å².